The van der Waals surface area contributed by atoms with Gasteiger partial charge in [0.25, 0.3) is 0 Å². The number of amides is 2. The molecule has 0 spiro atoms. The summed E-state index contributed by atoms with van der Waals surface area (Å²) < 4.78 is 26.4. The topological polar surface area (TPSA) is 70.6 Å². The van der Waals surface area contributed by atoms with Gasteiger partial charge < -0.3 is 10.6 Å². The molecule has 1 saturated carbocycles. The summed E-state index contributed by atoms with van der Waals surface area (Å²) in [6.07, 6.45) is 4.24. The number of anilines is 1. The molecule has 3 rings (SSSR count). The van der Waals surface area contributed by atoms with Gasteiger partial charge in [0.05, 0.1) is 11.7 Å². The Kier molecular flexibility index (Phi) is 5.13. The van der Waals surface area contributed by atoms with E-state index in [0.29, 0.717) is 11.2 Å². The summed E-state index contributed by atoms with van der Waals surface area (Å²) in [5.41, 5.74) is -0.107. The lowest BCUT2D eigenvalue weighted by Gasteiger charge is -2.08. The van der Waals surface area contributed by atoms with E-state index in [2.05, 4.69) is 15.6 Å². The predicted octanol–water partition coefficient (Wildman–Crippen LogP) is 2.82. The molecule has 2 fully saturated rings. The Morgan fingerprint density at radius 3 is 2.79 bits per heavy atom. The molecular weight excluding hydrogens is 336 g/mol. The Bertz CT molecular complexity index is 690. The molecule has 5 nitrogen and oxygen atoms in total. The van der Waals surface area contributed by atoms with Gasteiger partial charge in [0.1, 0.15) is 16.9 Å². The molecule has 2 N–H and O–H groups in total. The number of rotatable bonds is 4. The Hall–Kier alpha value is -1.96. The van der Waals surface area contributed by atoms with Gasteiger partial charge >= 0.3 is 0 Å². The van der Waals surface area contributed by atoms with E-state index >= 15 is 0 Å². The predicted molar refractivity (Wildman–Crippen MR) is 88.8 cm³/mol. The molecule has 8 heteroatoms. The van der Waals surface area contributed by atoms with Gasteiger partial charge in [0.15, 0.2) is 5.17 Å². The lowest BCUT2D eigenvalue weighted by atomic mass is 10.2. The van der Waals surface area contributed by atoms with Crippen molar-refractivity contribution < 1.29 is 18.4 Å². The number of amidine groups is 1. The van der Waals surface area contributed by atoms with Gasteiger partial charge in [0, 0.05) is 12.5 Å². The van der Waals surface area contributed by atoms with Gasteiger partial charge in [-0.15, -0.1) is 0 Å². The molecule has 1 heterocycles. The van der Waals surface area contributed by atoms with Crippen molar-refractivity contribution in [2.75, 3.05) is 5.32 Å². The van der Waals surface area contributed by atoms with Crippen molar-refractivity contribution in [2.24, 2.45) is 4.99 Å². The van der Waals surface area contributed by atoms with Gasteiger partial charge in [-0.1, -0.05) is 24.6 Å². The van der Waals surface area contributed by atoms with E-state index in [9.17, 15) is 18.4 Å². The highest BCUT2D eigenvalue weighted by Crippen LogP contribution is 2.27. The summed E-state index contributed by atoms with van der Waals surface area (Å²) in [4.78, 5) is 28.4. The number of benzene rings is 1. The number of hydrogen-bond acceptors (Lipinski definition) is 4. The second-order valence-corrected chi connectivity index (χ2v) is 7.04. The Labute approximate surface area is 142 Å². The lowest BCUT2D eigenvalue weighted by molar-refractivity contribution is -0.122. The van der Waals surface area contributed by atoms with Gasteiger partial charge in [-0.05, 0) is 25.0 Å². The zero-order valence-electron chi connectivity index (χ0n) is 12.9. The summed E-state index contributed by atoms with van der Waals surface area (Å²) in [7, 11) is 0. The maximum Gasteiger partial charge on any atom is 0.240 e. The van der Waals surface area contributed by atoms with E-state index in [1.807, 2.05) is 0 Å². The van der Waals surface area contributed by atoms with Crippen LogP contribution in [0.1, 0.15) is 32.1 Å². The minimum absolute atomic E-state index is 0.100. The molecule has 0 aromatic heterocycles. The minimum atomic E-state index is -0.852. The second-order valence-electron chi connectivity index (χ2n) is 5.84. The molecule has 1 saturated heterocycles. The molecule has 1 atom stereocenters. The van der Waals surface area contributed by atoms with E-state index in [-0.39, 0.29) is 24.1 Å². The monoisotopic (exact) mass is 353 g/mol. The SMILES string of the molecule is O=C(CC1SC(=NC2CCCC2)NC1=O)Nc1ccc(F)cc1F. The molecule has 2 aliphatic rings. The highest BCUT2D eigenvalue weighted by molar-refractivity contribution is 8.15. The maximum atomic E-state index is 13.5. The van der Waals surface area contributed by atoms with E-state index in [1.54, 1.807) is 0 Å². The van der Waals surface area contributed by atoms with Crippen LogP contribution < -0.4 is 10.6 Å². The summed E-state index contributed by atoms with van der Waals surface area (Å²) >= 11 is 1.23. The van der Waals surface area contributed by atoms with Crippen LogP contribution in [0.4, 0.5) is 14.5 Å². The van der Waals surface area contributed by atoms with E-state index in [4.69, 9.17) is 0 Å². The molecule has 1 aromatic carbocycles. The van der Waals surface area contributed by atoms with Crippen molar-refractivity contribution in [3.63, 3.8) is 0 Å². The van der Waals surface area contributed by atoms with Crippen LogP contribution in [0, 0.1) is 11.6 Å². The molecule has 1 aliphatic heterocycles. The number of halogens is 2. The van der Waals surface area contributed by atoms with Crippen LogP contribution in [-0.2, 0) is 9.59 Å². The number of thioether (sulfide) groups is 1. The third-order valence-corrected chi connectivity index (χ3v) is 5.07. The number of carbonyl (C=O) groups is 2. The molecule has 0 radical (unpaired) electrons. The van der Waals surface area contributed by atoms with Crippen LogP contribution in [0.3, 0.4) is 0 Å². The highest BCUT2D eigenvalue weighted by Gasteiger charge is 2.33. The molecule has 2 amide bonds. The van der Waals surface area contributed by atoms with E-state index in [1.165, 1.54) is 11.8 Å². The average Bonchev–Trinajstić information content (AvgIpc) is 3.13. The summed E-state index contributed by atoms with van der Waals surface area (Å²) in [6.45, 7) is 0. The first-order valence-corrected chi connectivity index (χ1v) is 8.69. The smallest absolute Gasteiger partial charge is 0.240 e. The number of aliphatic imine (C=N–C) groups is 1. The van der Waals surface area contributed by atoms with Crippen LogP contribution in [0.15, 0.2) is 23.2 Å². The molecule has 128 valence electrons. The van der Waals surface area contributed by atoms with Crippen molar-refractivity contribution >= 4 is 34.4 Å². The maximum absolute atomic E-state index is 13.5. The van der Waals surface area contributed by atoms with Crippen LogP contribution in [0.5, 0.6) is 0 Å². The van der Waals surface area contributed by atoms with E-state index in [0.717, 1.165) is 37.8 Å². The Morgan fingerprint density at radius 2 is 2.08 bits per heavy atom. The molecule has 1 unspecified atom stereocenters. The normalized spacial score (nSPS) is 22.8. The van der Waals surface area contributed by atoms with Crippen molar-refractivity contribution in [3.05, 3.63) is 29.8 Å². The standard InChI is InChI=1S/C16H17F2N3O2S/c17-9-5-6-12(11(18)7-9)20-14(22)8-13-15(23)21-16(24-13)19-10-3-1-2-4-10/h5-7,10,13H,1-4,8H2,(H,20,22)(H,19,21,23). The van der Waals surface area contributed by atoms with Crippen LogP contribution >= 0.6 is 11.8 Å². The van der Waals surface area contributed by atoms with Crippen LogP contribution in [0.25, 0.3) is 0 Å². The Balaban J connectivity index is 1.57. The third kappa shape index (κ3) is 4.11. The third-order valence-electron chi connectivity index (χ3n) is 3.98. The number of nitrogens with zero attached hydrogens (tertiary/aromatic N) is 1. The summed E-state index contributed by atoms with van der Waals surface area (Å²) in [6, 6.07) is 3.15. The van der Waals surface area contributed by atoms with Crippen molar-refractivity contribution in [3.8, 4) is 0 Å². The van der Waals surface area contributed by atoms with Crippen molar-refractivity contribution in [1.82, 2.24) is 5.32 Å². The number of nitrogens with one attached hydrogen (secondary N) is 2. The molecule has 1 aromatic rings. The van der Waals surface area contributed by atoms with Crippen LogP contribution in [-0.4, -0.2) is 28.3 Å². The molecule has 1 aliphatic carbocycles. The van der Waals surface area contributed by atoms with Gasteiger partial charge in [0.2, 0.25) is 11.8 Å². The van der Waals surface area contributed by atoms with Gasteiger partial charge in [-0.25, -0.2) is 8.78 Å². The zero-order valence-corrected chi connectivity index (χ0v) is 13.7. The number of hydrogen-bond donors (Lipinski definition) is 2. The lowest BCUT2D eigenvalue weighted by Crippen LogP contribution is -2.28. The molecule has 0 bridgehead atoms. The second kappa shape index (κ2) is 7.29. The van der Waals surface area contributed by atoms with Gasteiger partial charge in [-0.2, -0.15) is 0 Å². The largest absolute Gasteiger partial charge is 0.324 e. The fourth-order valence-corrected chi connectivity index (χ4v) is 3.80. The molecular formula is C16H17F2N3O2S. The number of carbonyl (C=O) groups excluding carboxylic acids is 2. The van der Waals surface area contributed by atoms with Gasteiger partial charge in [-0.3, -0.25) is 14.6 Å². The fraction of sp³-hybridized carbons (Fsp3) is 0.438. The first-order valence-electron chi connectivity index (χ1n) is 7.81. The fourth-order valence-electron chi connectivity index (χ4n) is 2.76. The minimum Gasteiger partial charge on any atom is -0.324 e. The zero-order chi connectivity index (χ0) is 17.1. The summed E-state index contributed by atoms with van der Waals surface area (Å²) in [5.74, 6) is -2.35. The quantitative estimate of drug-likeness (QED) is 0.874. The van der Waals surface area contributed by atoms with Crippen LogP contribution in [0.2, 0.25) is 0 Å². The molecule has 24 heavy (non-hydrogen) atoms. The Morgan fingerprint density at radius 1 is 1.33 bits per heavy atom. The van der Waals surface area contributed by atoms with E-state index < -0.39 is 22.8 Å². The highest BCUT2D eigenvalue weighted by atomic mass is 32.2. The first kappa shape index (κ1) is 16.9. The van der Waals surface area contributed by atoms with Crippen molar-refractivity contribution in [1.29, 1.82) is 0 Å². The summed E-state index contributed by atoms with van der Waals surface area (Å²) in [5, 5.41) is 5.01. The van der Waals surface area contributed by atoms with Crippen molar-refractivity contribution in [2.45, 2.75) is 43.4 Å². The first-order chi connectivity index (χ1) is 11.5. The average molecular weight is 353 g/mol.